The molecule has 5 atom stereocenters. The number of carbonyl (C=O) groups excluding carboxylic acids is 2. The van der Waals surface area contributed by atoms with Gasteiger partial charge < -0.3 is 21.1 Å². The summed E-state index contributed by atoms with van der Waals surface area (Å²) in [6.07, 6.45) is 1.08. The van der Waals surface area contributed by atoms with E-state index >= 15 is 0 Å². The van der Waals surface area contributed by atoms with Gasteiger partial charge in [-0.25, -0.2) is 0 Å². The topological polar surface area (TPSA) is 96.7 Å². The van der Waals surface area contributed by atoms with Crippen LogP contribution in [0.25, 0.3) is 0 Å². The van der Waals surface area contributed by atoms with Crippen LogP contribution in [0, 0.1) is 11.8 Å². The first kappa shape index (κ1) is 29.8. The van der Waals surface area contributed by atoms with Crippen molar-refractivity contribution in [3.05, 3.63) is 101 Å². The first-order valence-corrected chi connectivity index (χ1v) is 15.2. The number of rotatable bonds is 12. The van der Waals surface area contributed by atoms with Crippen LogP contribution >= 0.6 is 0 Å². The van der Waals surface area contributed by atoms with E-state index < -0.39 is 5.91 Å². The number of primary amides is 1. The van der Waals surface area contributed by atoms with Crippen molar-refractivity contribution in [2.24, 2.45) is 17.6 Å². The van der Waals surface area contributed by atoms with Crippen LogP contribution in [0.1, 0.15) is 60.8 Å². The van der Waals surface area contributed by atoms with Crippen LogP contribution < -0.4 is 21.1 Å². The number of hydrogen-bond donors (Lipinski definition) is 3. The number of fused-ring (bicyclic) bond motifs is 3. The fourth-order valence-electron chi connectivity index (χ4n) is 7.02. The first-order valence-electron chi connectivity index (χ1n) is 15.2. The van der Waals surface area contributed by atoms with Crippen LogP contribution in [0.2, 0.25) is 0 Å². The monoisotopic (exact) mass is 568 g/mol. The predicted octanol–water partition coefficient (Wildman–Crippen LogP) is 4.42. The Morgan fingerprint density at radius 2 is 1.64 bits per heavy atom. The smallest absolute Gasteiger partial charge is 0.224 e. The van der Waals surface area contributed by atoms with E-state index in [1.165, 1.54) is 16.7 Å². The van der Waals surface area contributed by atoms with E-state index in [1.807, 2.05) is 0 Å². The molecule has 1 unspecified atom stereocenters. The van der Waals surface area contributed by atoms with Crippen LogP contribution in [0.4, 0.5) is 0 Å². The molecule has 0 spiro atoms. The summed E-state index contributed by atoms with van der Waals surface area (Å²) in [7, 11) is 1.72. The predicted molar refractivity (Wildman–Crippen MR) is 166 cm³/mol. The number of carbonyl (C=O) groups is 2. The number of nitrogens with zero attached hydrogens (tertiary/aromatic N) is 1. The van der Waals surface area contributed by atoms with Crippen molar-refractivity contribution in [3.63, 3.8) is 0 Å². The number of piperidine rings is 3. The zero-order chi connectivity index (χ0) is 29.6. The van der Waals surface area contributed by atoms with Gasteiger partial charge in [-0.1, -0.05) is 86.6 Å². The Hall–Kier alpha value is -3.68. The Labute approximate surface area is 249 Å². The summed E-state index contributed by atoms with van der Waals surface area (Å²) < 4.78 is 5.77. The minimum absolute atomic E-state index is 0.00607. The summed E-state index contributed by atoms with van der Waals surface area (Å²) in [6.45, 7) is 6.96. The summed E-state index contributed by atoms with van der Waals surface area (Å²) in [5, 5.41) is 6.96. The maximum absolute atomic E-state index is 13.5. The second-order valence-corrected chi connectivity index (χ2v) is 12.0. The quantitative estimate of drug-likeness (QED) is 0.301. The van der Waals surface area contributed by atoms with E-state index in [1.54, 1.807) is 7.11 Å². The molecule has 3 fully saturated rings. The molecule has 7 nitrogen and oxygen atoms in total. The average molecular weight is 569 g/mol. The Morgan fingerprint density at radius 1 is 0.976 bits per heavy atom. The van der Waals surface area contributed by atoms with Crippen molar-refractivity contribution >= 4 is 11.8 Å². The lowest BCUT2D eigenvalue weighted by molar-refractivity contribution is -0.135. The number of hydrogen-bond acceptors (Lipinski definition) is 5. The van der Waals surface area contributed by atoms with Crippen molar-refractivity contribution in [3.8, 4) is 5.75 Å². The van der Waals surface area contributed by atoms with Crippen LogP contribution in [0.15, 0.2) is 78.9 Å². The van der Waals surface area contributed by atoms with Gasteiger partial charge >= 0.3 is 0 Å². The molecule has 6 rings (SSSR count). The summed E-state index contributed by atoms with van der Waals surface area (Å²) in [6, 6.07) is 28.1. The second kappa shape index (κ2) is 13.5. The number of amides is 2. The van der Waals surface area contributed by atoms with Gasteiger partial charge in [-0.3, -0.25) is 14.5 Å². The van der Waals surface area contributed by atoms with Crippen molar-refractivity contribution in [2.45, 2.75) is 57.2 Å². The zero-order valence-electron chi connectivity index (χ0n) is 25.0. The van der Waals surface area contributed by atoms with Crippen molar-refractivity contribution in [2.75, 3.05) is 26.7 Å². The third-order valence-electron chi connectivity index (χ3n) is 9.11. The normalized spacial score (nSPS) is 23.2. The van der Waals surface area contributed by atoms with E-state index in [-0.39, 0.29) is 48.7 Å². The summed E-state index contributed by atoms with van der Waals surface area (Å²) in [5.74, 6) is 0.984. The molecule has 0 saturated carbocycles. The van der Waals surface area contributed by atoms with Gasteiger partial charge in [0.05, 0.1) is 13.0 Å². The van der Waals surface area contributed by atoms with Gasteiger partial charge in [0, 0.05) is 49.6 Å². The molecule has 4 N–H and O–H groups in total. The molecular weight excluding hydrogens is 524 g/mol. The Balaban J connectivity index is 1.51. The molecule has 0 aliphatic carbocycles. The van der Waals surface area contributed by atoms with E-state index in [2.05, 4.69) is 108 Å². The van der Waals surface area contributed by atoms with Crippen LogP contribution in [-0.4, -0.2) is 55.5 Å². The lowest BCUT2D eigenvalue weighted by Crippen LogP contribution is -2.69. The number of benzene rings is 3. The van der Waals surface area contributed by atoms with Crippen LogP contribution in [-0.2, 0) is 16.1 Å². The molecule has 3 heterocycles. The Morgan fingerprint density at radius 3 is 2.24 bits per heavy atom. The van der Waals surface area contributed by atoms with E-state index in [4.69, 9.17) is 10.5 Å². The van der Waals surface area contributed by atoms with Crippen molar-refractivity contribution in [1.29, 1.82) is 0 Å². The fourth-order valence-corrected chi connectivity index (χ4v) is 7.02. The minimum Gasteiger partial charge on any atom is -0.496 e. The second-order valence-electron chi connectivity index (χ2n) is 12.0. The van der Waals surface area contributed by atoms with Crippen LogP contribution in [0.5, 0.6) is 5.75 Å². The Bertz CT molecular complexity index is 1310. The molecule has 2 bridgehead atoms. The molecule has 2 amide bonds. The summed E-state index contributed by atoms with van der Waals surface area (Å²) in [4.78, 5) is 27.3. The largest absolute Gasteiger partial charge is 0.496 e. The van der Waals surface area contributed by atoms with Gasteiger partial charge in [0.1, 0.15) is 5.75 Å². The molecule has 3 aliphatic heterocycles. The highest BCUT2D eigenvalue weighted by Crippen LogP contribution is 2.44. The highest BCUT2D eigenvalue weighted by Gasteiger charge is 2.52. The Kier molecular flexibility index (Phi) is 9.60. The van der Waals surface area contributed by atoms with Gasteiger partial charge in [0.25, 0.3) is 0 Å². The molecule has 3 saturated heterocycles. The van der Waals surface area contributed by atoms with E-state index in [0.29, 0.717) is 19.0 Å². The molecule has 7 heteroatoms. The zero-order valence-corrected chi connectivity index (χ0v) is 25.0. The lowest BCUT2D eigenvalue weighted by Gasteiger charge is -2.56. The highest BCUT2D eigenvalue weighted by atomic mass is 16.5. The average Bonchev–Trinajstić information content (AvgIpc) is 3.01. The minimum atomic E-state index is -0.407. The van der Waals surface area contributed by atoms with Crippen molar-refractivity contribution < 1.29 is 14.3 Å². The molecule has 3 aliphatic rings. The maximum atomic E-state index is 13.5. The number of methoxy groups -OCH3 is 1. The van der Waals surface area contributed by atoms with Gasteiger partial charge in [-0.05, 0) is 47.6 Å². The number of ether oxygens (including phenoxy) is 1. The molecule has 3 aromatic rings. The first-order chi connectivity index (χ1) is 20.4. The molecule has 222 valence electrons. The maximum Gasteiger partial charge on any atom is 0.224 e. The molecular formula is C35H44N4O3. The SMILES string of the molecule is COc1ccc(C(C)C)cc1CN[C@H]1[C@@H]2CCN(C[C@@H]2C(=O)NCCC(N)=O)[C@H]1C(c1ccccc1)c1ccccc1. The third-order valence-corrected chi connectivity index (χ3v) is 9.11. The van der Waals surface area contributed by atoms with Crippen molar-refractivity contribution in [1.82, 2.24) is 15.5 Å². The van der Waals surface area contributed by atoms with Gasteiger partial charge in [0.2, 0.25) is 11.8 Å². The highest BCUT2D eigenvalue weighted by molar-refractivity contribution is 5.81. The van der Waals surface area contributed by atoms with Gasteiger partial charge in [-0.2, -0.15) is 0 Å². The molecule has 0 radical (unpaired) electrons. The summed E-state index contributed by atoms with van der Waals surface area (Å²) >= 11 is 0. The summed E-state index contributed by atoms with van der Waals surface area (Å²) in [5.41, 5.74) is 10.3. The van der Waals surface area contributed by atoms with E-state index in [9.17, 15) is 9.59 Å². The standard InChI is InChI=1S/C35H44N4O3/c1-23(2)26-14-15-30(42-3)27(20-26)21-38-33-28-17-19-39(22-29(28)35(41)37-18-16-31(36)40)34(33)32(24-10-6-4-7-11-24)25-12-8-5-9-13-25/h4-15,20,23,28-29,32-34,38H,16-19,21-22H2,1-3H3,(H2,36,40)(H,37,41)/t28-,29+,33+,34+/m1/s1. The lowest BCUT2D eigenvalue weighted by atomic mass is 9.66. The van der Waals surface area contributed by atoms with E-state index in [0.717, 1.165) is 24.3 Å². The van der Waals surface area contributed by atoms with Gasteiger partial charge in [-0.15, -0.1) is 0 Å². The number of nitrogens with two attached hydrogens (primary N) is 1. The molecule has 3 aromatic carbocycles. The number of nitrogens with one attached hydrogen (secondary N) is 2. The van der Waals surface area contributed by atoms with Crippen LogP contribution in [0.3, 0.4) is 0 Å². The third kappa shape index (κ3) is 6.53. The molecule has 0 aromatic heterocycles. The fraction of sp³-hybridized carbons (Fsp3) is 0.429. The molecule has 42 heavy (non-hydrogen) atoms. The van der Waals surface area contributed by atoms with Gasteiger partial charge in [0.15, 0.2) is 0 Å².